The van der Waals surface area contributed by atoms with E-state index in [1.54, 1.807) is 24.3 Å². The maximum Gasteiger partial charge on any atom is 0.246 e. The molecule has 0 saturated carbocycles. The van der Waals surface area contributed by atoms with Crippen LogP contribution in [0.3, 0.4) is 0 Å². The molecule has 6 nitrogen and oxygen atoms in total. The average molecular weight is 397 g/mol. The normalized spacial score (nSPS) is 11.3. The third-order valence-electron chi connectivity index (χ3n) is 3.55. The maximum atomic E-state index is 12.9. The molecular formula is C17H20FN3O3S2. The van der Waals surface area contributed by atoms with Gasteiger partial charge in [0.1, 0.15) is 16.5 Å². The highest BCUT2D eigenvalue weighted by Gasteiger charge is 2.22. The molecule has 0 bridgehead atoms. The monoisotopic (exact) mass is 397 g/mol. The molecule has 0 atom stereocenters. The van der Waals surface area contributed by atoms with E-state index >= 15 is 0 Å². The molecule has 0 aromatic heterocycles. The third-order valence-corrected chi connectivity index (χ3v) is 5.63. The fraction of sp³-hybridized carbons (Fsp3) is 0.235. The first-order chi connectivity index (χ1) is 12.2. The lowest BCUT2D eigenvalue weighted by atomic mass is 10.2. The molecule has 0 aliphatic carbocycles. The number of methoxy groups -OCH3 is 1. The Morgan fingerprint density at radius 3 is 2.42 bits per heavy atom. The Morgan fingerprint density at radius 1 is 1.19 bits per heavy atom. The van der Waals surface area contributed by atoms with Gasteiger partial charge in [0.05, 0.1) is 7.11 Å². The van der Waals surface area contributed by atoms with E-state index in [2.05, 4.69) is 10.6 Å². The van der Waals surface area contributed by atoms with Gasteiger partial charge in [-0.05, 0) is 48.1 Å². The molecule has 0 saturated heterocycles. The number of halogens is 1. The van der Waals surface area contributed by atoms with Crippen molar-refractivity contribution in [2.75, 3.05) is 26.5 Å². The Bertz CT molecular complexity index is 885. The molecule has 9 heteroatoms. The molecule has 2 N–H and O–H groups in total. The van der Waals surface area contributed by atoms with E-state index in [-0.39, 0.29) is 16.5 Å². The quantitative estimate of drug-likeness (QED) is 0.730. The van der Waals surface area contributed by atoms with Gasteiger partial charge in [0.25, 0.3) is 0 Å². The molecule has 0 spiro atoms. The molecule has 0 unspecified atom stereocenters. The minimum absolute atomic E-state index is 0.0383. The Hall–Kier alpha value is -2.23. The summed E-state index contributed by atoms with van der Waals surface area (Å²) in [6, 6.07) is 10.7. The van der Waals surface area contributed by atoms with Crippen LogP contribution < -0.4 is 15.4 Å². The van der Waals surface area contributed by atoms with Crippen LogP contribution in [0, 0.1) is 5.82 Å². The summed E-state index contributed by atoms with van der Waals surface area (Å²) < 4.78 is 44.0. The molecule has 2 aromatic carbocycles. The van der Waals surface area contributed by atoms with Crippen LogP contribution in [0.4, 0.5) is 10.1 Å². The SMILES string of the molecule is COc1ccc(NC(=S)NCc2ccc(F)cc2)cc1S(=O)(=O)N(C)C. The van der Waals surface area contributed by atoms with E-state index in [9.17, 15) is 12.8 Å². The lowest BCUT2D eigenvalue weighted by Gasteiger charge is -2.16. The van der Waals surface area contributed by atoms with Gasteiger partial charge in [0.15, 0.2) is 5.11 Å². The standard InChI is InChI=1S/C17H20FN3O3S2/c1-21(2)26(22,23)16-10-14(8-9-15(16)24-3)20-17(25)19-11-12-4-6-13(18)7-5-12/h4-10H,11H2,1-3H3,(H2,19,20,25). The number of thiocarbonyl (C=S) groups is 1. The summed E-state index contributed by atoms with van der Waals surface area (Å²) in [5, 5.41) is 6.23. The summed E-state index contributed by atoms with van der Waals surface area (Å²) in [7, 11) is 0.637. The number of hydrogen-bond acceptors (Lipinski definition) is 4. The average Bonchev–Trinajstić information content (AvgIpc) is 2.61. The van der Waals surface area contributed by atoms with Gasteiger partial charge in [-0.25, -0.2) is 17.1 Å². The van der Waals surface area contributed by atoms with Crippen molar-refractivity contribution in [3.8, 4) is 5.75 Å². The summed E-state index contributed by atoms with van der Waals surface area (Å²) in [6.07, 6.45) is 0. The van der Waals surface area contributed by atoms with Crippen molar-refractivity contribution in [2.45, 2.75) is 11.4 Å². The van der Waals surface area contributed by atoms with Crippen LogP contribution in [0.1, 0.15) is 5.56 Å². The largest absolute Gasteiger partial charge is 0.495 e. The summed E-state index contributed by atoms with van der Waals surface area (Å²) in [6.45, 7) is 0.408. The second-order valence-electron chi connectivity index (χ2n) is 5.59. The summed E-state index contributed by atoms with van der Waals surface area (Å²) in [5.74, 6) is -0.0586. The molecule has 2 aromatic rings. The lowest BCUT2D eigenvalue weighted by Crippen LogP contribution is -2.28. The molecule has 140 valence electrons. The van der Waals surface area contributed by atoms with E-state index in [0.717, 1.165) is 9.87 Å². The Morgan fingerprint density at radius 2 is 1.85 bits per heavy atom. The van der Waals surface area contributed by atoms with Crippen LogP contribution in [0.5, 0.6) is 5.75 Å². The zero-order valence-corrected chi connectivity index (χ0v) is 16.2. The van der Waals surface area contributed by atoms with Crippen LogP contribution in [-0.4, -0.2) is 39.0 Å². The zero-order valence-electron chi connectivity index (χ0n) is 14.6. The van der Waals surface area contributed by atoms with E-state index in [1.807, 2.05) is 0 Å². The van der Waals surface area contributed by atoms with Crippen LogP contribution in [0.2, 0.25) is 0 Å². The van der Waals surface area contributed by atoms with Crippen LogP contribution in [-0.2, 0) is 16.6 Å². The maximum absolute atomic E-state index is 12.9. The van der Waals surface area contributed by atoms with Crippen molar-refractivity contribution in [3.05, 3.63) is 53.8 Å². The van der Waals surface area contributed by atoms with E-state index in [4.69, 9.17) is 17.0 Å². The van der Waals surface area contributed by atoms with Crippen molar-refractivity contribution in [1.29, 1.82) is 0 Å². The molecule has 0 radical (unpaired) electrons. The van der Waals surface area contributed by atoms with Gasteiger partial charge in [-0.1, -0.05) is 12.1 Å². The fourth-order valence-corrected chi connectivity index (χ4v) is 3.38. The van der Waals surface area contributed by atoms with Gasteiger partial charge in [0.2, 0.25) is 10.0 Å². The highest BCUT2D eigenvalue weighted by molar-refractivity contribution is 7.89. The smallest absolute Gasteiger partial charge is 0.246 e. The minimum atomic E-state index is -3.67. The molecule has 0 aliphatic heterocycles. The predicted molar refractivity (Wildman–Crippen MR) is 103 cm³/mol. The zero-order chi connectivity index (χ0) is 19.3. The number of nitrogens with one attached hydrogen (secondary N) is 2. The molecule has 0 amide bonds. The second kappa shape index (κ2) is 8.43. The van der Waals surface area contributed by atoms with Gasteiger partial charge >= 0.3 is 0 Å². The van der Waals surface area contributed by atoms with Crippen LogP contribution >= 0.6 is 12.2 Å². The molecule has 2 rings (SSSR count). The van der Waals surface area contributed by atoms with Crippen molar-refractivity contribution in [2.24, 2.45) is 0 Å². The highest BCUT2D eigenvalue weighted by Crippen LogP contribution is 2.28. The summed E-state index contributed by atoms with van der Waals surface area (Å²) in [5.41, 5.74) is 1.36. The fourth-order valence-electron chi connectivity index (χ4n) is 2.11. The topological polar surface area (TPSA) is 70.7 Å². The predicted octanol–water partition coefficient (Wildman–Crippen LogP) is 2.57. The van der Waals surface area contributed by atoms with E-state index in [1.165, 1.54) is 39.4 Å². The Kier molecular flexibility index (Phi) is 6.52. The molecule has 0 fully saturated rings. The van der Waals surface area contributed by atoms with Gasteiger partial charge < -0.3 is 15.4 Å². The second-order valence-corrected chi connectivity index (χ2v) is 8.12. The minimum Gasteiger partial charge on any atom is -0.495 e. The molecule has 0 heterocycles. The number of rotatable bonds is 6. The molecule has 0 aliphatic rings. The van der Waals surface area contributed by atoms with Crippen molar-refractivity contribution in [1.82, 2.24) is 9.62 Å². The number of ether oxygens (including phenoxy) is 1. The number of sulfonamides is 1. The summed E-state index contributed by atoms with van der Waals surface area (Å²) in [4.78, 5) is 0.0383. The van der Waals surface area contributed by atoms with Gasteiger partial charge in [-0.15, -0.1) is 0 Å². The Balaban J connectivity index is 2.11. The Labute approximate surface area is 158 Å². The lowest BCUT2D eigenvalue weighted by molar-refractivity contribution is 0.400. The highest BCUT2D eigenvalue weighted by atomic mass is 32.2. The summed E-state index contributed by atoms with van der Waals surface area (Å²) >= 11 is 5.22. The van der Waals surface area contributed by atoms with E-state index in [0.29, 0.717) is 17.3 Å². The van der Waals surface area contributed by atoms with E-state index < -0.39 is 10.0 Å². The molecule has 26 heavy (non-hydrogen) atoms. The van der Waals surface area contributed by atoms with Gasteiger partial charge in [0, 0.05) is 26.3 Å². The molecular weight excluding hydrogens is 377 g/mol. The van der Waals surface area contributed by atoms with Gasteiger partial charge in [-0.3, -0.25) is 0 Å². The number of benzene rings is 2. The van der Waals surface area contributed by atoms with Crippen molar-refractivity contribution < 1.29 is 17.5 Å². The first-order valence-corrected chi connectivity index (χ1v) is 9.48. The van der Waals surface area contributed by atoms with Crippen molar-refractivity contribution >= 4 is 33.0 Å². The van der Waals surface area contributed by atoms with Crippen LogP contribution in [0.15, 0.2) is 47.4 Å². The number of nitrogens with zero attached hydrogens (tertiary/aromatic N) is 1. The number of hydrogen-bond donors (Lipinski definition) is 2. The van der Waals surface area contributed by atoms with Crippen LogP contribution in [0.25, 0.3) is 0 Å². The first kappa shape index (κ1) is 20.1. The first-order valence-electron chi connectivity index (χ1n) is 7.64. The number of anilines is 1. The van der Waals surface area contributed by atoms with Gasteiger partial charge in [-0.2, -0.15) is 0 Å². The third kappa shape index (κ3) is 4.90. The van der Waals surface area contributed by atoms with Crippen molar-refractivity contribution in [3.63, 3.8) is 0 Å².